The van der Waals surface area contributed by atoms with Crippen LogP contribution in [-0.2, 0) is 12.8 Å². The standard InChI is InChI=1S/C22H33N/c1-3-5-7-19-8-10-20(11-9-19)16-22(17-23)21-14-12-18(6-4-2)13-15-21/h8-11,18,21-22H,3-7,12-16H2,1-2H3/t18-,21-,22?. The smallest absolute Gasteiger partial charge is 0.0662 e. The van der Waals surface area contributed by atoms with E-state index in [0.717, 1.165) is 12.3 Å². The van der Waals surface area contributed by atoms with Crippen molar-refractivity contribution in [1.29, 1.82) is 5.26 Å². The van der Waals surface area contributed by atoms with Gasteiger partial charge in [0.2, 0.25) is 0 Å². The van der Waals surface area contributed by atoms with E-state index in [2.05, 4.69) is 44.2 Å². The molecule has 0 N–H and O–H groups in total. The first-order chi connectivity index (χ1) is 11.3. The molecule has 0 aromatic heterocycles. The second kappa shape index (κ2) is 9.76. The second-order valence-corrected chi connectivity index (χ2v) is 7.43. The largest absolute Gasteiger partial charge is 0.198 e. The summed E-state index contributed by atoms with van der Waals surface area (Å²) in [5, 5.41) is 9.63. The minimum atomic E-state index is 0.207. The summed E-state index contributed by atoms with van der Waals surface area (Å²) in [5.74, 6) is 1.75. The van der Waals surface area contributed by atoms with E-state index in [4.69, 9.17) is 0 Å². The number of hydrogen-bond acceptors (Lipinski definition) is 1. The molecule has 0 spiro atoms. The third-order valence-electron chi connectivity index (χ3n) is 5.62. The average Bonchev–Trinajstić information content (AvgIpc) is 2.60. The van der Waals surface area contributed by atoms with Gasteiger partial charge in [-0.25, -0.2) is 0 Å². The Kier molecular flexibility index (Phi) is 7.66. The predicted octanol–water partition coefficient (Wildman–Crippen LogP) is 6.32. The number of hydrogen-bond donors (Lipinski definition) is 0. The molecular weight excluding hydrogens is 278 g/mol. The zero-order valence-corrected chi connectivity index (χ0v) is 15.1. The first kappa shape index (κ1) is 18.1. The Morgan fingerprint density at radius 2 is 1.65 bits per heavy atom. The molecule has 0 heterocycles. The van der Waals surface area contributed by atoms with Gasteiger partial charge in [0.15, 0.2) is 0 Å². The summed E-state index contributed by atoms with van der Waals surface area (Å²) in [6.45, 7) is 4.52. The maximum atomic E-state index is 9.63. The number of nitriles is 1. The zero-order chi connectivity index (χ0) is 16.5. The lowest BCUT2D eigenvalue weighted by molar-refractivity contribution is 0.223. The molecule has 1 saturated carbocycles. The molecule has 23 heavy (non-hydrogen) atoms. The Hall–Kier alpha value is -1.29. The quantitative estimate of drug-likeness (QED) is 0.551. The van der Waals surface area contributed by atoms with Crippen molar-refractivity contribution in [3.05, 3.63) is 35.4 Å². The summed E-state index contributed by atoms with van der Waals surface area (Å²) < 4.78 is 0. The Morgan fingerprint density at radius 3 is 2.22 bits per heavy atom. The Balaban J connectivity index is 1.86. The number of benzene rings is 1. The first-order valence-electron chi connectivity index (χ1n) is 9.74. The molecule has 1 fully saturated rings. The van der Waals surface area contributed by atoms with Gasteiger partial charge in [-0.1, -0.05) is 70.2 Å². The van der Waals surface area contributed by atoms with Gasteiger partial charge >= 0.3 is 0 Å². The molecule has 1 aliphatic rings. The van der Waals surface area contributed by atoms with Crippen molar-refractivity contribution in [2.45, 2.75) is 78.1 Å². The van der Waals surface area contributed by atoms with E-state index in [1.54, 1.807) is 0 Å². The van der Waals surface area contributed by atoms with Crippen molar-refractivity contribution >= 4 is 0 Å². The summed E-state index contributed by atoms with van der Waals surface area (Å²) in [5.41, 5.74) is 2.77. The maximum Gasteiger partial charge on any atom is 0.0662 e. The van der Waals surface area contributed by atoms with E-state index >= 15 is 0 Å². The monoisotopic (exact) mass is 311 g/mol. The number of aryl methyl sites for hydroxylation is 1. The van der Waals surface area contributed by atoms with Gasteiger partial charge in [0, 0.05) is 0 Å². The van der Waals surface area contributed by atoms with Crippen LogP contribution in [0.1, 0.15) is 76.3 Å². The van der Waals surface area contributed by atoms with Gasteiger partial charge in [0.25, 0.3) is 0 Å². The second-order valence-electron chi connectivity index (χ2n) is 7.43. The third kappa shape index (κ3) is 5.69. The Labute approximate surface area is 143 Å². The number of nitrogens with zero attached hydrogens (tertiary/aromatic N) is 1. The molecular formula is C22H33N. The van der Waals surface area contributed by atoms with Crippen LogP contribution in [0.2, 0.25) is 0 Å². The molecule has 126 valence electrons. The highest BCUT2D eigenvalue weighted by Gasteiger charge is 2.27. The van der Waals surface area contributed by atoms with E-state index in [9.17, 15) is 5.26 Å². The van der Waals surface area contributed by atoms with Crippen LogP contribution >= 0.6 is 0 Å². The third-order valence-corrected chi connectivity index (χ3v) is 5.62. The van der Waals surface area contributed by atoms with Gasteiger partial charge in [-0.2, -0.15) is 5.26 Å². The highest BCUT2D eigenvalue weighted by molar-refractivity contribution is 5.24. The van der Waals surface area contributed by atoms with Gasteiger partial charge < -0.3 is 0 Å². The molecule has 2 rings (SSSR count). The van der Waals surface area contributed by atoms with Gasteiger partial charge in [-0.05, 0) is 55.1 Å². The summed E-state index contributed by atoms with van der Waals surface area (Å²) >= 11 is 0. The lowest BCUT2D eigenvalue weighted by Crippen LogP contribution is -2.22. The fraction of sp³-hybridized carbons (Fsp3) is 0.682. The summed E-state index contributed by atoms with van der Waals surface area (Å²) in [7, 11) is 0. The fourth-order valence-electron chi connectivity index (χ4n) is 4.08. The van der Waals surface area contributed by atoms with Crippen molar-refractivity contribution < 1.29 is 0 Å². The minimum absolute atomic E-state index is 0.207. The normalized spacial score (nSPS) is 22.5. The fourth-order valence-corrected chi connectivity index (χ4v) is 4.08. The highest BCUT2D eigenvalue weighted by Crippen LogP contribution is 2.36. The molecule has 1 heteroatoms. The van der Waals surface area contributed by atoms with Crippen LogP contribution in [0.25, 0.3) is 0 Å². The molecule has 1 aromatic rings. The molecule has 0 aliphatic heterocycles. The number of unbranched alkanes of at least 4 members (excludes halogenated alkanes) is 1. The summed E-state index contributed by atoms with van der Waals surface area (Å²) in [6.07, 6.45) is 12.5. The van der Waals surface area contributed by atoms with Crippen LogP contribution in [0.5, 0.6) is 0 Å². The van der Waals surface area contributed by atoms with Crippen molar-refractivity contribution in [3.8, 4) is 6.07 Å². The molecule has 1 aliphatic carbocycles. The van der Waals surface area contributed by atoms with Crippen molar-refractivity contribution in [2.24, 2.45) is 17.8 Å². The van der Waals surface area contributed by atoms with E-state index in [-0.39, 0.29) is 5.92 Å². The number of rotatable bonds is 8. The maximum absolute atomic E-state index is 9.63. The van der Waals surface area contributed by atoms with E-state index < -0.39 is 0 Å². The van der Waals surface area contributed by atoms with Crippen LogP contribution in [0.4, 0.5) is 0 Å². The van der Waals surface area contributed by atoms with Crippen LogP contribution in [-0.4, -0.2) is 0 Å². The molecule has 0 amide bonds. The van der Waals surface area contributed by atoms with Crippen molar-refractivity contribution in [2.75, 3.05) is 0 Å². The Morgan fingerprint density at radius 1 is 1.00 bits per heavy atom. The summed E-state index contributed by atoms with van der Waals surface area (Å²) in [6, 6.07) is 11.6. The first-order valence-corrected chi connectivity index (χ1v) is 9.74. The van der Waals surface area contributed by atoms with Gasteiger partial charge in [-0.15, -0.1) is 0 Å². The average molecular weight is 312 g/mol. The molecule has 0 saturated heterocycles. The molecule has 1 unspecified atom stereocenters. The summed E-state index contributed by atoms with van der Waals surface area (Å²) in [4.78, 5) is 0. The van der Waals surface area contributed by atoms with Crippen molar-refractivity contribution in [3.63, 3.8) is 0 Å². The van der Waals surface area contributed by atoms with Crippen molar-refractivity contribution in [1.82, 2.24) is 0 Å². The molecule has 1 atom stereocenters. The highest BCUT2D eigenvalue weighted by atomic mass is 14.4. The van der Waals surface area contributed by atoms with E-state index in [1.165, 1.54) is 68.9 Å². The van der Waals surface area contributed by atoms with Crippen LogP contribution in [0.15, 0.2) is 24.3 Å². The van der Waals surface area contributed by atoms with Gasteiger partial charge in [0.1, 0.15) is 0 Å². The lowest BCUT2D eigenvalue weighted by atomic mass is 9.73. The van der Waals surface area contributed by atoms with E-state index in [0.29, 0.717) is 5.92 Å². The zero-order valence-electron chi connectivity index (χ0n) is 15.1. The van der Waals surface area contributed by atoms with Crippen LogP contribution in [0.3, 0.4) is 0 Å². The van der Waals surface area contributed by atoms with Gasteiger partial charge in [0.05, 0.1) is 12.0 Å². The topological polar surface area (TPSA) is 23.8 Å². The SMILES string of the molecule is CCCCc1ccc(CC(C#N)[C@H]2CC[C@H](CCC)CC2)cc1. The molecule has 1 nitrogen and oxygen atoms in total. The predicted molar refractivity (Wildman–Crippen MR) is 98.2 cm³/mol. The van der Waals surface area contributed by atoms with Gasteiger partial charge in [-0.3, -0.25) is 0 Å². The molecule has 0 radical (unpaired) electrons. The van der Waals surface area contributed by atoms with E-state index in [1.807, 2.05) is 0 Å². The van der Waals surface area contributed by atoms with Crippen LogP contribution < -0.4 is 0 Å². The van der Waals surface area contributed by atoms with Crippen LogP contribution in [0, 0.1) is 29.1 Å². The minimum Gasteiger partial charge on any atom is -0.198 e. The lowest BCUT2D eigenvalue weighted by Gasteiger charge is -2.31. The Bertz CT molecular complexity index is 474. The molecule has 0 bridgehead atoms. The molecule has 1 aromatic carbocycles.